The number of benzene rings is 2. The predicted molar refractivity (Wildman–Crippen MR) is 84.9 cm³/mol. The number of anilines is 1. The number of nitrogens with zero attached hydrogens (tertiary/aromatic N) is 1. The molecule has 1 N–H and O–H groups in total. The van der Waals surface area contributed by atoms with Crippen molar-refractivity contribution in [2.24, 2.45) is 0 Å². The molecule has 0 saturated carbocycles. The van der Waals surface area contributed by atoms with Gasteiger partial charge in [0.15, 0.2) is 0 Å². The molecule has 0 bridgehead atoms. The second-order valence-corrected chi connectivity index (χ2v) is 5.41. The molecule has 2 aromatic rings. The van der Waals surface area contributed by atoms with E-state index < -0.39 is 4.92 Å². The van der Waals surface area contributed by atoms with Crippen molar-refractivity contribution in [2.75, 3.05) is 5.32 Å². The smallest absolute Gasteiger partial charge is 0.270 e. The maximum absolute atomic E-state index is 12.1. The first-order valence-corrected chi connectivity index (χ1v) is 6.87. The molecule has 0 saturated heterocycles. The zero-order valence-electron chi connectivity index (χ0n) is 10.6. The summed E-state index contributed by atoms with van der Waals surface area (Å²) in [6, 6.07) is 11.6. The molecule has 0 fully saturated rings. The van der Waals surface area contributed by atoms with E-state index in [-0.39, 0.29) is 11.6 Å². The number of amides is 1. The number of carbonyl (C=O) groups is 1. The number of rotatable bonds is 3. The van der Waals surface area contributed by atoms with E-state index in [1.54, 1.807) is 6.07 Å². The molecule has 0 aliphatic heterocycles. The van der Waals surface area contributed by atoms with Gasteiger partial charge in [0.1, 0.15) is 0 Å². The SMILES string of the molecule is Cc1cccc(NC(=O)c2ccc([N+](=O)[O-])cc2I)c1. The lowest BCUT2D eigenvalue weighted by molar-refractivity contribution is -0.384. The molecule has 102 valence electrons. The highest BCUT2D eigenvalue weighted by molar-refractivity contribution is 14.1. The number of carbonyl (C=O) groups excluding carboxylic acids is 1. The first kappa shape index (κ1) is 14.4. The van der Waals surface area contributed by atoms with Crippen molar-refractivity contribution in [3.63, 3.8) is 0 Å². The summed E-state index contributed by atoms with van der Waals surface area (Å²) in [7, 11) is 0. The number of hydrogen-bond donors (Lipinski definition) is 1. The summed E-state index contributed by atoms with van der Waals surface area (Å²) < 4.78 is 0.543. The van der Waals surface area contributed by atoms with E-state index in [4.69, 9.17) is 0 Å². The first-order valence-electron chi connectivity index (χ1n) is 5.79. The minimum atomic E-state index is -0.482. The number of non-ortho nitro benzene ring substituents is 1. The highest BCUT2D eigenvalue weighted by atomic mass is 127. The average Bonchev–Trinajstić information content (AvgIpc) is 2.38. The Hall–Kier alpha value is -1.96. The van der Waals surface area contributed by atoms with Crippen molar-refractivity contribution < 1.29 is 9.72 Å². The van der Waals surface area contributed by atoms with Gasteiger partial charge in [-0.2, -0.15) is 0 Å². The summed E-state index contributed by atoms with van der Waals surface area (Å²) in [5, 5.41) is 13.4. The van der Waals surface area contributed by atoms with E-state index >= 15 is 0 Å². The third kappa shape index (κ3) is 3.32. The zero-order chi connectivity index (χ0) is 14.7. The predicted octanol–water partition coefficient (Wildman–Crippen LogP) is 3.76. The maximum Gasteiger partial charge on any atom is 0.270 e. The van der Waals surface area contributed by atoms with Crippen LogP contribution in [0.15, 0.2) is 42.5 Å². The number of aryl methyl sites for hydroxylation is 1. The van der Waals surface area contributed by atoms with Crippen LogP contribution in [0.5, 0.6) is 0 Å². The summed E-state index contributed by atoms with van der Waals surface area (Å²) in [6.07, 6.45) is 0. The van der Waals surface area contributed by atoms with Crippen molar-refractivity contribution in [1.29, 1.82) is 0 Å². The van der Waals surface area contributed by atoms with Crippen LogP contribution in [0.25, 0.3) is 0 Å². The van der Waals surface area contributed by atoms with Crippen LogP contribution in [0.2, 0.25) is 0 Å². The Kier molecular flexibility index (Phi) is 4.33. The molecule has 20 heavy (non-hydrogen) atoms. The van der Waals surface area contributed by atoms with E-state index in [1.165, 1.54) is 18.2 Å². The number of nitro groups is 1. The van der Waals surface area contributed by atoms with Crippen LogP contribution in [-0.4, -0.2) is 10.8 Å². The van der Waals surface area contributed by atoms with Gasteiger partial charge < -0.3 is 5.32 Å². The number of halogens is 1. The fraction of sp³-hybridized carbons (Fsp3) is 0.0714. The number of nitro benzene ring substituents is 1. The van der Waals surface area contributed by atoms with Gasteiger partial charge in [0.2, 0.25) is 0 Å². The number of nitrogens with one attached hydrogen (secondary N) is 1. The molecule has 0 atom stereocenters. The minimum absolute atomic E-state index is 0.0264. The average molecular weight is 382 g/mol. The fourth-order valence-electron chi connectivity index (χ4n) is 1.72. The molecule has 1 amide bonds. The Morgan fingerprint density at radius 2 is 2.00 bits per heavy atom. The van der Waals surface area contributed by atoms with Crippen LogP contribution in [0.4, 0.5) is 11.4 Å². The Labute approximate surface area is 129 Å². The summed E-state index contributed by atoms with van der Waals surface area (Å²) >= 11 is 1.92. The topological polar surface area (TPSA) is 72.2 Å². The molecular weight excluding hydrogens is 371 g/mol. The normalized spacial score (nSPS) is 10.1. The van der Waals surface area contributed by atoms with Crippen molar-refractivity contribution in [3.05, 3.63) is 67.3 Å². The highest BCUT2D eigenvalue weighted by Crippen LogP contribution is 2.21. The molecule has 0 aliphatic carbocycles. The van der Waals surface area contributed by atoms with E-state index in [0.717, 1.165) is 5.56 Å². The van der Waals surface area contributed by atoms with Crippen LogP contribution in [0, 0.1) is 20.6 Å². The Bertz CT molecular complexity index is 686. The summed E-state index contributed by atoms with van der Waals surface area (Å²) in [4.78, 5) is 22.3. The van der Waals surface area contributed by atoms with Crippen LogP contribution in [0.3, 0.4) is 0 Å². The van der Waals surface area contributed by atoms with Crippen molar-refractivity contribution in [3.8, 4) is 0 Å². The Balaban J connectivity index is 2.23. The largest absolute Gasteiger partial charge is 0.322 e. The van der Waals surface area contributed by atoms with Gasteiger partial charge in [-0.25, -0.2) is 0 Å². The fourth-order valence-corrected chi connectivity index (χ4v) is 2.47. The molecule has 2 aromatic carbocycles. The quantitative estimate of drug-likeness (QED) is 0.499. The molecule has 5 nitrogen and oxygen atoms in total. The zero-order valence-corrected chi connectivity index (χ0v) is 12.7. The molecule has 6 heteroatoms. The molecular formula is C14H11IN2O3. The van der Waals surface area contributed by atoms with Gasteiger partial charge >= 0.3 is 0 Å². The molecule has 0 aliphatic rings. The molecule has 0 spiro atoms. The van der Waals surface area contributed by atoms with E-state index in [2.05, 4.69) is 5.32 Å². The minimum Gasteiger partial charge on any atom is -0.322 e. The molecule has 0 aromatic heterocycles. The van der Waals surface area contributed by atoms with Gasteiger partial charge in [0.25, 0.3) is 11.6 Å². The second-order valence-electron chi connectivity index (χ2n) is 4.24. The van der Waals surface area contributed by atoms with Crippen molar-refractivity contribution in [1.82, 2.24) is 0 Å². The summed E-state index contributed by atoms with van der Waals surface area (Å²) in [5.41, 5.74) is 2.13. The van der Waals surface area contributed by atoms with Gasteiger partial charge in [-0.1, -0.05) is 12.1 Å². The van der Waals surface area contributed by atoms with E-state index in [1.807, 2.05) is 47.7 Å². The molecule has 0 radical (unpaired) electrons. The summed E-state index contributed by atoms with van der Waals surface area (Å²) in [6.45, 7) is 1.94. The van der Waals surface area contributed by atoms with Gasteiger partial charge in [-0.3, -0.25) is 14.9 Å². The van der Waals surface area contributed by atoms with Crippen LogP contribution < -0.4 is 5.32 Å². The van der Waals surface area contributed by atoms with Crippen LogP contribution >= 0.6 is 22.6 Å². The lowest BCUT2D eigenvalue weighted by Gasteiger charge is -2.07. The molecule has 0 heterocycles. The standard InChI is InChI=1S/C14H11IN2O3/c1-9-3-2-4-10(7-9)16-14(18)12-6-5-11(17(19)20)8-13(12)15/h2-8H,1H3,(H,16,18). The Morgan fingerprint density at radius 1 is 1.25 bits per heavy atom. The highest BCUT2D eigenvalue weighted by Gasteiger charge is 2.14. The lowest BCUT2D eigenvalue weighted by atomic mass is 10.1. The first-order chi connectivity index (χ1) is 9.47. The number of hydrogen-bond acceptors (Lipinski definition) is 3. The van der Waals surface area contributed by atoms with Crippen LogP contribution in [0.1, 0.15) is 15.9 Å². The van der Waals surface area contributed by atoms with Gasteiger partial charge in [-0.05, 0) is 53.3 Å². The van der Waals surface area contributed by atoms with E-state index in [0.29, 0.717) is 14.8 Å². The van der Waals surface area contributed by atoms with Crippen LogP contribution in [-0.2, 0) is 0 Å². The van der Waals surface area contributed by atoms with Gasteiger partial charge in [0, 0.05) is 21.4 Å². The van der Waals surface area contributed by atoms with E-state index in [9.17, 15) is 14.9 Å². The third-order valence-electron chi connectivity index (χ3n) is 2.68. The van der Waals surface area contributed by atoms with Gasteiger partial charge in [0.05, 0.1) is 10.5 Å². The van der Waals surface area contributed by atoms with Crippen molar-refractivity contribution in [2.45, 2.75) is 6.92 Å². The Morgan fingerprint density at radius 3 is 2.60 bits per heavy atom. The molecule has 2 rings (SSSR count). The third-order valence-corrected chi connectivity index (χ3v) is 3.58. The van der Waals surface area contributed by atoms with Gasteiger partial charge in [-0.15, -0.1) is 0 Å². The molecule has 0 unspecified atom stereocenters. The van der Waals surface area contributed by atoms with Crippen molar-refractivity contribution >= 4 is 39.9 Å². The second kappa shape index (κ2) is 6.00. The lowest BCUT2D eigenvalue weighted by Crippen LogP contribution is -2.13. The monoisotopic (exact) mass is 382 g/mol. The summed E-state index contributed by atoms with van der Waals surface area (Å²) in [5.74, 6) is -0.283. The maximum atomic E-state index is 12.1.